The van der Waals surface area contributed by atoms with Gasteiger partial charge in [-0.2, -0.15) is 0 Å². The molecule has 1 aliphatic rings. The first-order chi connectivity index (χ1) is 14.3. The van der Waals surface area contributed by atoms with Gasteiger partial charge >= 0.3 is 0 Å². The second kappa shape index (κ2) is 10.1. The molecule has 5 nitrogen and oxygen atoms in total. The van der Waals surface area contributed by atoms with Crippen LogP contribution in [0.4, 0.5) is 0 Å². The van der Waals surface area contributed by atoms with Gasteiger partial charge in [-0.05, 0) is 41.3 Å². The van der Waals surface area contributed by atoms with Crippen LogP contribution in [0.5, 0.6) is 0 Å². The highest BCUT2D eigenvalue weighted by atomic mass is 32.2. The molecule has 2 aromatic rings. The molecule has 3 rings (SSSR count). The van der Waals surface area contributed by atoms with Crippen molar-refractivity contribution in [2.24, 2.45) is 5.92 Å². The predicted molar refractivity (Wildman–Crippen MR) is 123 cm³/mol. The number of aryl methyl sites for hydroxylation is 1. The topological polar surface area (TPSA) is 66.5 Å². The van der Waals surface area contributed by atoms with Gasteiger partial charge in [-0.3, -0.25) is 4.79 Å². The third-order valence-corrected chi connectivity index (χ3v) is 8.37. The highest BCUT2D eigenvalue weighted by Gasteiger charge is 2.35. The van der Waals surface area contributed by atoms with Crippen molar-refractivity contribution in [1.29, 1.82) is 0 Å². The molecule has 1 aliphatic heterocycles. The van der Waals surface area contributed by atoms with E-state index < -0.39 is 9.84 Å². The SMILES string of the molecule is CCc1ccc(C(NCC(=O)N(Cc2cccs2)C2CCS(=O)(=O)C2)C(C)C)cc1. The fourth-order valence-electron chi connectivity index (χ4n) is 4.01. The Hall–Kier alpha value is -1.70. The zero-order valence-corrected chi connectivity index (χ0v) is 19.6. The first kappa shape index (κ1) is 23.0. The molecule has 0 saturated carbocycles. The van der Waals surface area contributed by atoms with Gasteiger partial charge in [0.05, 0.1) is 24.6 Å². The largest absolute Gasteiger partial charge is 0.332 e. The lowest BCUT2D eigenvalue weighted by atomic mass is 9.95. The van der Waals surface area contributed by atoms with Crippen molar-refractivity contribution in [2.45, 2.75) is 52.2 Å². The molecule has 0 aliphatic carbocycles. The number of benzene rings is 1. The molecule has 0 spiro atoms. The van der Waals surface area contributed by atoms with Gasteiger partial charge in [0.2, 0.25) is 5.91 Å². The summed E-state index contributed by atoms with van der Waals surface area (Å²) in [5.74, 6) is 0.512. The van der Waals surface area contributed by atoms with Gasteiger partial charge in [-0.1, -0.05) is 51.1 Å². The van der Waals surface area contributed by atoms with Crippen LogP contribution in [0.1, 0.15) is 49.2 Å². The molecule has 0 bridgehead atoms. The normalized spacial score (nSPS) is 19.1. The maximum atomic E-state index is 13.2. The van der Waals surface area contributed by atoms with Gasteiger partial charge < -0.3 is 10.2 Å². The molecule has 1 aromatic carbocycles. The fraction of sp³-hybridized carbons (Fsp3) is 0.522. The molecule has 164 valence electrons. The van der Waals surface area contributed by atoms with Crippen LogP contribution in [-0.4, -0.2) is 43.3 Å². The second-order valence-electron chi connectivity index (χ2n) is 8.36. The Balaban J connectivity index is 1.71. The molecule has 0 radical (unpaired) electrons. The summed E-state index contributed by atoms with van der Waals surface area (Å²) in [7, 11) is -3.06. The Morgan fingerprint density at radius 1 is 1.23 bits per heavy atom. The highest BCUT2D eigenvalue weighted by molar-refractivity contribution is 7.91. The minimum Gasteiger partial charge on any atom is -0.332 e. The van der Waals surface area contributed by atoms with Crippen molar-refractivity contribution in [1.82, 2.24) is 10.2 Å². The molecular formula is C23H32N2O3S2. The van der Waals surface area contributed by atoms with E-state index in [1.807, 2.05) is 17.5 Å². The number of thiophene rings is 1. The Labute approximate surface area is 184 Å². The minimum absolute atomic E-state index is 0.0404. The first-order valence-corrected chi connectivity index (χ1v) is 13.3. The van der Waals surface area contributed by atoms with Crippen molar-refractivity contribution in [3.8, 4) is 0 Å². The molecule has 1 N–H and O–H groups in total. The molecular weight excluding hydrogens is 416 g/mol. The van der Waals surface area contributed by atoms with Crippen molar-refractivity contribution in [2.75, 3.05) is 18.1 Å². The Bertz CT molecular complexity index is 922. The zero-order chi connectivity index (χ0) is 21.7. The third-order valence-electron chi connectivity index (χ3n) is 5.76. The van der Waals surface area contributed by atoms with E-state index in [0.717, 1.165) is 11.3 Å². The van der Waals surface area contributed by atoms with Gasteiger partial charge in [0, 0.05) is 17.0 Å². The molecule has 1 aromatic heterocycles. The number of hydrogen-bond donors (Lipinski definition) is 1. The van der Waals surface area contributed by atoms with E-state index in [1.165, 1.54) is 11.1 Å². The number of nitrogens with zero attached hydrogens (tertiary/aromatic N) is 1. The lowest BCUT2D eigenvalue weighted by molar-refractivity contribution is -0.132. The van der Waals surface area contributed by atoms with Crippen LogP contribution in [0, 0.1) is 5.92 Å². The van der Waals surface area contributed by atoms with Gasteiger partial charge in [-0.25, -0.2) is 8.42 Å². The van der Waals surface area contributed by atoms with E-state index in [4.69, 9.17) is 0 Å². The maximum Gasteiger partial charge on any atom is 0.237 e. The summed E-state index contributed by atoms with van der Waals surface area (Å²) in [5.41, 5.74) is 2.46. The second-order valence-corrected chi connectivity index (χ2v) is 11.6. The van der Waals surface area contributed by atoms with Crippen LogP contribution in [-0.2, 0) is 27.6 Å². The van der Waals surface area contributed by atoms with Crippen molar-refractivity contribution < 1.29 is 13.2 Å². The number of carbonyl (C=O) groups is 1. The summed E-state index contributed by atoms with van der Waals surface area (Å²) < 4.78 is 24.0. The Kier molecular flexibility index (Phi) is 7.71. The summed E-state index contributed by atoms with van der Waals surface area (Å²) in [6.07, 6.45) is 1.52. The lowest BCUT2D eigenvalue weighted by Crippen LogP contribution is -2.45. The van der Waals surface area contributed by atoms with Crippen LogP contribution >= 0.6 is 11.3 Å². The number of hydrogen-bond acceptors (Lipinski definition) is 5. The number of rotatable bonds is 9. The van der Waals surface area contributed by atoms with Gasteiger partial charge in [0.25, 0.3) is 0 Å². The number of amides is 1. The van der Waals surface area contributed by atoms with Gasteiger partial charge in [-0.15, -0.1) is 11.3 Å². The third kappa shape index (κ3) is 5.93. The van der Waals surface area contributed by atoms with Crippen molar-refractivity contribution in [3.63, 3.8) is 0 Å². The first-order valence-electron chi connectivity index (χ1n) is 10.6. The van der Waals surface area contributed by atoms with Crippen LogP contribution in [0.3, 0.4) is 0 Å². The van der Waals surface area contributed by atoms with Crippen LogP contribution in [0.25, 0.3) is 0 Å². The van der Waals surface area contributed by atoms with E-state index in [1.54, 1.807) is 16.2 Å². The van der Waals surface area contributed by atoms with Crippen molar-refractivity contribution in [3.05, 3.63) is 57.8 Å². The van der Waals surface area contributed by atoms with Gasteiger partial charge in [0.1, 0.15) is 0 Å². The summed E-state index contributed by atoms with van der Waals surface area (Å²) in [6.45, 7) is 7.08. The summed E-state index contributed by atoms with van der Waals surface area (Å²) >= 11 is 1.59. The molecule has 7 heteroatoms. The average molecular weight is 449 g/mol. The van der Waals surface area contributed by atoms with E-state index in [0.29, 0.717) is 18.9 Å². The summed E-state index contributed by atoms with van der Waals surface area (Å²) in [5, 5.41) is 5.42. The summed E-state index contributed by atoms with van der Waals surface area (Å²) in [6, 6.07) is 12.3. The maximum absolute atomic E-state index is 13.2. The predicted octanol–water partition coefficient (Wildman–Crippen LogP) is 3.81. The molecule has 1 amide bonds. The average Bonchev–Trinajstić information content (AvgIpc) is 3.35. The van der Waals surface area contributed by atoms with Crippen molar-refractivity contribution >= 4 is 27.1 Å². The zero-order valence-electron chi connectivity index (χ0n) is 18.0. The number of sulfone groups is 1. The van der Waals surface area contributed by atoms with E-state index in [9.17, 15) is 13.2 Å². The molecule has 2 unspecified atom stereocenters. The number of carbonyl (C=O) groups excluding carboxylic acids is 1. The Morgan fingerprint density at radius 3 is 2.50 bits per heavy atom. The van der Waals surface area contributed by atoms with E-state index in [2.05, 4.69) is 50.4 Å². The van der Waals surface area contributed by atoms with Crippen LogP contribution < -0.4 is 5.32 Å². The standard InChI is InChI=1S/C23H32N2O3S2/c1-4-18-7-9-19(10-8-18)23(17(2)3)24-14-22(26)25(15-21-6-5-12-29-21)20-11-13-30(27,28)16-20/h5-10,12,17,20,23-24H,4,11,13-16H2,1-3H3. The van der Waals surface area contributed by atoms with Gasteiger partial charge in [0.15, 0.2) is 9.84 Å². The molecule has 2 atom stereocenters. The fourth-order valence-corrected chi connectivity index (χ4v) is 6.44. The minimum atomic E-state index is -3.06. The van der Waals surface area contributed by atoms with E-state index >= 15 is 0 Å². The molecule has 1 fully saturated rings. The quantitative estimate of drug-likeness (QED) is 0.633. The lowest BCUT2D eigenvalue weighted by Gasteiger charge is -2.30. The van der Waals surface area contributed by atoms with E-state index in [-0.39, 0.29) is 36.0 Å². The van der Waals surface area contributed by atoms with Crippen LogP contribution in [0.2, 0.25) is 0 Å². The molecule has 30 heavy (non-hydrogen) atoms. The molecule has 1 saturated heterocycles. The smallest absolute Gasteiger partial charge is 0.237 e. The number of nitrogens with one attached hydrogen (secondary N) is 1. The highest BCUT2D eigenvalue weighted by Crippen LogP contribution is 2.24. The molecule has 2 heterocycles. The van der Waals surface area contributed by atoms with Crippen LogP contribution in [0.15, 0.2) is 41.8 Å². The monoisotopic (exact) mass is 448 g/mol. The summed E-state index contributed by atoms with van der Waals surface area (Å²) in [4.78, 5) is 16.0. The Morgan fingerprint density at radius 2 is 1.97 bits per heavy atom.